The van der Waals surface area contributed by atoms with E-state index in [0.717, 1.165) is 16.9 Å². The highest BCUT2D eigenvalue weighted by Crippen LogP contribution is 2.33. The van der Waals surface area contributed by atoms with Gasteiger partial charge in [0, 0.05) is 24.3 Å². The van der Waals surface area contributed by atoms with Gasteiger partial charge in [-0.2, -0.15) is 0 Å². The Hall–Kier alpha value is -4.43. The molecule has 2 aliphatic heterocycles. The fraction of sp³-hybridized carbons (Fsp3) is 0.200. The largest absolute Gasteiger partial charge is 0.462 e. The van der Waals surface area contributed by atoms with E-state index in [1.54, 1.807) is 41.3 Å². The van der Waals surface area contributed by atoms with Crippen LogP contribution in [-0.4, -0.2) is 41.7 Å². The number of para-hydroxylation sites is 1. The Kier molecular flexibility index (Phi) is 7.47. The summed E-state index contributed by atoms with van der Waals surface area (Å²) in [4.78, 5) is 54.9. The lowest BCUT2D eigenvalue weighted by Gasteiger charge is -2.29. The second-order valence-electron chi connectivity index (χ2n) is 9.24. The second kappa shape index (κ2) is 11.1. The molecule has 8 nitrogen and oxygen atoms in total. The number of fused-ring (bicyclic) bond motifs is 1. The van der Waals surface area contributed by atoms with Gasteiger partial charge in [0.05, 0.1) is 17.9 Å². The molecule has 5 rings (SSSR count). The zero-order valence-corrected chi connectivity index (χ0v) is 22.0. The van der Waals surface area contributed by atoms with Crippen LogP contribution in [0.25, 0.3) is 0 Å². The molecule has 0 unspecified atom stereocenters. The first kappa shape index (κ1) is 26.2. The van der Waals surface area contributed by atoms with Crippen LogP contribution < -0.4 is 10.2 Å². The van der Waals surface area contributed by atoms with Crippen molar-refractivity contribution in [3.05, 3.63) is 106 Å². The minimum Gasteiger partial charge on any atom is -0.462 e. The van der Waals surface area contributed by atoms with Gasteiger partial charge < -0.3 is 15.0 Å². The number of nitrogens with zero attached hydrogens (tertiary/aromatic N) is 2. The van der Waals surface area contributed by atoms with E-state index in [0.29, 0.717) is 30.8 Å². The highest BCUT2D eigenvalue weighted by Gasteiger charge is 2.40. The number of hydrogen-bond acceptors (Lipinski definition) is 6. The van der Waals surface area contributed by atoms with Gasteiger partial charge in [0.25, 0.3) is 17.7 Å². The van der Waals surface area contributed by atoms with E-state index in [9.17, 15) is 19.2 Å². The minimum absolute atomic E-state index is 0.0778. The van der Waals surface area contributed by atoms with Crippen molar-refractivity contribution in [3.8, 4) is 0 Å². The lowest BCUT2D eigenvalue weighted by atomic mass is 9.99. The van der Waals surface area contributed by atoms with Crippen molar-refractivity contribution in [2.24, 2.45) is 0 Å². The quantitative estimate of drug-likeness (QED) is 0.337. The van der Waals surface area contributed by atoms with Crippen molar-refractivity contribution in [2.45, 2.75) is 26.3 Å². The summed E-state index contributed by atoms with van der Waals surface area (Å²) in [7, 11) is 0. The van der Waals surface area contributed by atoms with Crippen LogP contribution in [-0.2, 0) is 27.3 Å². The molecule has 0 fully saturated rings. The van der Waals surface area contributed by atoms with Gasteiger partial charge in [0.2, 0.25) is 0 Å². The van der Waals surface area contributed by atoms with Crippen LogP contribution in [0.1, 0.15) is 45.2 Å². The van der Waals surface area contributed by atoms with Gasteiger partial charge in [-0.3, -0.25) is 14.4 Å². The third-order valence-corrected chi connectivity index (χ3v) is 6.98. The Labute approximate surface area is 230 Å². The standard InChI is InChI=1S/C30H26ClN3O5/c1-2-16-39-30(38)23-12-5-6-13-24(23)34-28(36)25(31)26(29(34)37)32-22-11-7-10-20(17-22)27(35)33-15-14-19-8-3-4-9-21(19)18-33/h3-13,17,32H,2,14-16,18H2,1H3. The lowest BCUT2D eigenvalue weighted by Crippen LogP contribution is -2.36. The van der Waals surface area contributed by atoms with E-state index in [1.807, 2.05) is 25.1 Å². The summed E-state index contributed by atoms with van der Waals surface area (Å²) in [5, 5.41) is 2.60. The van der Waals surface area contributed by atoms with Crippen LogP contribution in [0.3, 0.4) is 0 Å². The van der Waals surface area contributed by atoms with Gasteiger partial charge in [0.1, 0.15) is 10.7 Å². The summed E-state index contributed by atoms with van der Waals surface area (Å²) in [5.74, 6) is -2.26. The molecule has 2 heterocycles. The Bertz CT molecular complexity index is 1520. The molecule has 9 heteroatoms. The number of ether oxygens (including phenoxy) is 1. The molecule has 1 N–H and O–H groups in total. The summed E-state index contributed by atoms with van der Waals surface area (Å²) in [5.41, 5.74) is 3.24. The Morgan fingerprint density at radius 2 is 1.69 bits per heavy atom. The first-order chi connectivity index (χ1) is 18.9. The zero-order valence-electron chi connectivity index (χ0n) is 21.3. The molecule has 3 aromatic carbocycles. The molecular weight excluding hydrogens is 518 g/mol. The highest BCUT2D eigenvalue weighted by molar-refractivity contribution is 6.53. The summed E-state index contributed by atoms with van der Waals surface area (Å²) in [6, 6.07) is 21.0. The summed E-state index contributed by atoms with van der Waals surface area (Å²) >= 11 is 6.32. The molecule has 0 radical (unpaired) electrons. The molecule has 0 bridgehead atoms. The van der Waals surface area contributed by atoms with Gasteiger partial charge in [-0.25, -0.2) is 9.69 Å². The van der Waals surface area contributed by atoms with Crippen molar-refractivity contribution in [3.63, 3.8) is 0 Å². The van der Waals surface area contributed by atoms with Crippen molar-refractivity contribution in [2.75, 3.05) is 23.4 Å². The fourth-order valence-corrected chi connectivity index (χ4v) is 4.88. The third kappa shape index (κ3) is 5.15. The van der Waals surface area contributed by atoms with E-state index in [-0.39, 0.29) is 34.5 Å². The van der Waals surface area contributed by atoms with E-state index >= 15 is 0 Å². The van der Waals surface area contributed by atoms with Crippen LogP contribution in [0.2, 0.25) is 0 Å². The molecule has 3 aromatic rings. The predicted molar refractivity (Wildman–Crippen MR) is 147 cm³/mol. The molecule has 0 aromatic heterocycles. The van der Waals surface area contributed by atoms with Crippen LogP contribution in [0.4, 0.5) is 11.4 Å². The average Bonchev–Trinajstić information content (AvgIpc) is 3.18. The maximum atomic E-state index is 13.4. The maximum Gasteiger partial charge on any atom is 0.340 e. The Morgan fingerprint density at radius 1 is 0.949 bits per heavy atom. The molecule has 0 spiro atoms. The lowest BCUT2D eigenvalue weighted by molar-refractivity contribution is -0.120. The monoisotopic (exact) mass is 543 g/mol. The number of amides is 3. The number of anilines is 2. The van der Waals surface area contributed by atoms with Gasteiger partial charge >= 0.3 is 5.97 Å². The van der Waals surface area contributed by atoms with Crippen LogP contribution >= 0.6 is 11.6 Å². The summed E-state index contributed by atoms with van der Waals surface area (Å²) in [6.45, 7) is 3.19. The average molecular weight is 544 g/mol. The Morgan fingerprint density at radius 3 is 2.49 bits per heavy atom. The smallest absolute Gasteiger partial charge is 0.340 e. The van der Waals surface area contributed by atoms with Crippen molar-refractivity contribution < 1.29 is 23.9 Å². The van der Waals surface area contributed by atoms with Gasteiger partial charge in [-0.05, 0) is 54.3 Å². The Balaban J connectivity index is 1.35. The number of rotatable bonds is 7. The first-order valence-corrected chi connectivity index (χ1v) is 13.0. The molecule has 3 amide bonds. The minimum atomic E-state index is -0.765. The molecule has 198 valence electrons. The van der Waals surface area contributed by atoms with Crippen molar-refractivity contribution in [1.29, 1.82) is 0 Å². The number of esters is 1. The molecule has 0 aliphatic carbocycles. The van der Waals surface area contributed by atoms with E-state index in [2.05, 4.69) is 11.4 Å². The van der Waals surface area contributed by atoms with Crippen LogP contribution in [0.5, 0.6) is 0 Å². The van der Waals surface area contributed by atoms with Crippen molar-refractivity contribution in [1.82, 2.24) is 4.90 Å². The van der Waals surface area contributed by atoms with Crippen LogP contribution in [0, 0.1) is 0 Å². The third-order valence-electron chi connectivity index (χ3n) is 6.63. The van der Waals surface area contributed by atoms with E-state index in [4.69, 9.17) is 16.3 Å². The fourth-order valence-electron chi connectivity index (χ4n) is 4.67. The number of carbonyl (C=O) groups is 4. The normalized spacial score (nSPS) is 14.9. The summed E-state index contributed by atoms with van der Waals surface area (Å²) in [6.07, 6.45) is 1.41. The topological polar surface area (TPSA) is 96.0 Å². The van der Waals surface area contributed by atoms with Gasteiger partial charge in [-0.1, -0.05) is 61.0 Å². The second-order valence-corrected chi connectivity index (χ2v) is 9.62. The highest BCUT2D eigenvalue weighted by atomic mass is 35.5. The molecule has 0 atom stereocenters. The number of carbonyl (C=O) groups excluding carboxylic acids is 4. The maximum absolute atomic E-state index is 13.4. The number of imide groups is 1. The summed E-state index contributed by atoms with van der Waals surface area (Å²) < 4.78 is 5.22. The molecule has 2 aliphatic rings. The molecule has 0 saturated carbocycles. The SMILES string of the molecule is CCCOC(=O)c1ccccc1N1C(=O)C(Cl)=C(Nc2cccc(C(=O)N3CCc4ccccc4C3)c2)C1=O. The van der Waals surface area contributed by atoms with E-state index in [1.165, 1.54) is 17.7 Å². The molecule has 0 saturated heterocycles. The van der Waals surface area contributed by atoms with Crippen molar-refractivity contribution >= 4 is 46.7 Å². The number of benzene rings is 3. The molecular formula is C30H26ClN3O5. The first-order valence-electron chi connectivity index (χ1n) is 12.7. The number of hydrogen-bond donors (Lipinski definition) is 1. The predicted octanol–water partition coefficient (Wildman–Crippen LogP) is 4.89. The van der Waals surface area contributed by atoms with Gasteiger partial charge in [-0.15, -0.1) is 0 Å². The number of nitrogens with one attached hydrogen (secondary N) is 1. The molecule has 39 heavy (non-hydrogen) atoms. The number of halogens is 1. The van der Waals surface area contributed by atoms with Gasteiger partial charge in [0.15, 0.2) is 0 Å². The van der Waals surface area contributed by atoms with Crippen LogP contribution in [0.15, 0.2) is 83.5 Å². The zero-order chi connectivity index (χ0) is 27.5. The van der Waals surface area contributed by atoms with E-state index < -0.39 is 17.8 Å².